The minimum atomic E-state index is 0.796. The molecule has 0 radical (unpaired) electrons. The van der Waals surface area contributed by atoms with E-state index in [1.807, 2.05) is 12.3 Å². The summed E-state index contributed by atoms with van der Waals surface area (Å²) in [5, 5.41) is 3.29. The molecule has 82 valence electrons. The van der Waals surface area contributed by atoms with Crippen molar-refractivity contribution in [3.05, 3.63) is 24.0 Å². The molecule has 0 atom stereocenters. The molecule has 0 aliphatic heterocycles. The Morgan fingerprint density at radius 3 is 3.13 bits per heavy atom. The van der Waals surface area contributed by atoms with Crippen molar-refractivity contribution < 1.29 is 4.74 Å². The van der Waals surface area contributed by atoms with Gasteiger partial charge in [0.25, 0.3) is 0 Å². The molecular formula is C12H18N2O. The Kier molecular flexibility index (Phi) is 3.56. The van der Waals surface area contributed by atoms with Crippen LogP contribution in [-0.2, 0) is 6.54 Å². The van der Waals surface area contributed by atoms with Crippen LogP contribution < -0.4 is 10.1 Å². The number of hydrogen-bond acceptors (Lipinski definition) is 3. The molecule has 1 saturated carbocycles. The van der Waals surface area contributed by atoms with E-state index in [1.54, 1.807) is 6.20 Å². The number of aromatic nitrogens is 1. The fraction of sp³-hybridized carbons (Fsp3) is 0.583. The van der Waals surface area contributed by atoms with Crippen LogP contribution in [0.25, 0.3) is 0 Å². The summed E-state index contributed by atoms with van der Waals surface area (Å²) < 4.78 is 5.78. The second-order valence-corrected chi connectivity index (χ2v) is 4.02. The Labute approximate surface area is 90.9 Å². The van der Waals surface area contributed by atoms with Gasteiger partial charge in [-0.2, -0.15) is 0 Å². The van der Waals surface area contributed by atoms with Gasteiger partial charge in [-0.15, -0.1) is 0 Å². The average Bonchev–Trinajstić information content (AvgIpc) is 3.08. The van der Waals surface area contributed by atoms with Crippen LogP contribution in [-0.4, -0.2) is 18.1 Å². The number of ether oxygens (including phenoxy) is 1. The van der Waals surface area contributed by atoms with Crippen LogP contribution in [0.3, 0.4) is 0 Å². The molecule has 1 heterocycles. The maximum Gasteiger partial charge on any atom is 0.126 e. The lowest BCUT2D eigenvalue weighted by atomic mass is 10.2. The monoisotopic (exact) mass is 206 g/mol. The highest BCUT2D eigenvalue weighted by molar-refractivity contribution is 5.29. The summed E-state index contributed by atoms with van der Waals surface area (Å²) in [7, 11) is 0. The fourth-order valence-electron chi connectivity index (χ4n) is 1.44. The number of nitrogens with zero attached hydrogens (tertiary/aromatic N) is 1. The van der Waals surface area contributed by atoms with Crippen LogP contribution in [0.1, 0.15) is 25.3 Å². The van der Waals surface area contributed by atoms with Gasteiger partial charge in [0.15, 0.2) is 0 Å². The summed E-state index contributed by atoms with van der Waals surface area (Å²) in [5.41, 5.74) is 1.15. The molecule has 1 fully saturated rings. The Morgan fingerprint density at radius 2 is 2.40 bits per heavy atom. The molecular weight excluding hydrogens is 188 g/mol. The molecule has 1 aromatic rings. The third-order valence-electron chi connectivity index (χ3n) is 2.60. The first kappa shape index (κ1) is 10.4. The first-order valence-electron chi connectivity index (χ1n) is 5.66. The fourth-order valence-corrected chi connectivity index (χ4v) is 1.44. The molecule has 1 aromatic heterocycles. The van der Waals surface area contributed by atoms with Gasteiger partial charge in [0, 0.05) is 24.5 Å². The highest BCUT2D eigenvalue weighted by Gasteiger charge is 2.22. The molecule has 0 saturated heterocycles. The highest BCUT2D eigenvalue weighted by Crippen LogP contribution is 2.30. The summed E-state index contributed by atoms with van der Waals surface area (Å²) in [4.78, 5) is 4.12. The average molecular weight is 206 g/mol. The molecule has 2 rings (SSSR count). The lowest BCUT2D eigenvalue weighted by Gasteiger charge is -2.10. The quantitative estimate of drug-likeness (QED) is 0.772. The van der Waals surface area contributed by atoms with Crippen molar-refractivity contribution in [1.82, 2.24) is 10.3 Å². The lowest BCUT2D eigenvalue weighted by molar-refractivity contribution is 0.296. The lowest BCUT2D eigenvalue weighted by Crippen LogP contribution is -2.13. The van der Waals surface area contributed by atoms with E-state index < -0.39 is 0 Å². The summed E-state index contributed by atoms with van der Waals surface area (Å²) in [6.07, 6.45) is 6.32. The van der Waals surface area contributed by atoms with E-state index >= 15 is 0 Å². The zero-order valence-electron chi connectivity index (χ0n) is 9.20. The van der Waals surface area contributed by atoms with E-state index in [0.29, 0.717) is 0 Å². The first-order valence-corrected chi connectivity index (χ1v) is 5.66. The zero-order valence-corrected chi connectivity index (χ0v) is 9.20. The molecule has 3 nitrogen and oxygen atoms in total. The molecule has 3 heteroatoms. The minimum Gasteiger partial charge on any atom is -0.493 e. The van der Waals surface area contributed by atoms with Gasteiger partial charge in [0.05, 0.1) is 6.61 Å². The van der Waals surface area contributed by atoms with E-state index in [9.17, 15) is 0 Å². The topological polar surface area (TPSA) is 34.2 Å². The molecule has 0 amide bonds. The smallest absolute Gasteiger partial charge is 0.126 e. The first-order chi connectivity index (χ1) is 7.40. The van der Waals surface area contributed by atoms with Gasteiger partial charge in [-0.05, 0) is 31.4 Å². The van der Waals surface area contributed by atoms with E-state index in [2.05, 4.69) is 17.2 Å². The van der Waals surface area contributed by atoms with Crippen molar-refractivity contribution in [2.24, 2.45) is 5.92 Å². The van der Waals surface area contributed by atoms with E-state index in [1.165, 1.54) is 12.8 Å². The number of nitrogens with one attached hydrogen (secondary N) is 1. The normalized spacial score (nSPS) is 15.3. The molecule has 0 bridgehead atoms. The molecule has 0 unspecified atom stereocenters. The maximum absolute atomic E-state index is 5.78. The standard InChI is InChI=1S/C12H18N2O/c1-2-13-7-11-8-14-6-5-12(11)15-9-10-3-4-10/h5-6,8,10,13H,2-4,7,9H2,1H3. The predicted octanol–water partition coefficient (Wildman–Crippen LogP) is 1.98. The maximum atomic E-state index is 5.78. The van der Waals surface area contributed by atoms with Crippen molar-refractivity contribution in [2.75, 3.05) is 13.2 Å². The molecule has 1 aliphatic rings. The van der Waals surface area contributed by atoms with Gasteiger partial charge in [0.2, 0.25) is 0 Å². The van der Waals surface area contributed by atoms with E-state index in [-0.39, 0.29) is 0 Å². The molecule has 0 aromatic carbocycles. The molecule has 1 N–H and O–H groups in total. The SMILES string of the molecule is CCNCc1cnccc1OCC1CC1. The molecule has 1 aliphatic carbocycles. The highest BCUT2D eigenvalue weighted by atomic mass is 16.5. The van der Waals surface area contributed by atoms with Crippen molar-refractivity contribution in [1.29, 1.82) is 0 Å². The summed E-state index contributed by atoms with van der Waals surface area (Å²) in [5.74, 6) is 1.78. The van der Waals surface area contributed by atoms with Crippen molar-refractivity contribution in [3.63, 3.8) is 0 Å². The minimum absolute atomic E-state index is 0.796. The Bertz CT molecular complexity index is 310. The summed E-state index contributed by atoms with van der Waals surface area (Å²) in [6.45, 7) is 4.77. The van der Waals surface area contributed by atoms with Crippen LogP contribution >= 0.6 is 0 Å². The van der Waals surface area contributed by atoms with Crippen LogP contribution in [0.15, 0.2) is 18.5 Å². The van der Waals surface area contributed by atoms with Crippen molar-refractivity contribution >= 4 is 0 Å². The van der Waals surface area contributed by atoms with Gasteiger partial charge in [-0.3, -0.25) is 4.98 Å². The van der Waals surface area contributed by atoms with Gasteiger partial charge in [0.1, 0.15) is 5.75 Å². The Morgan fingerprint density at radius 1 is 1.53 bits per heavy atom. The van der Waals surface area contributed by atoms with Crippen molar-refractivity contribution in [2.45, 2.75) is 26.3 Å². The second-order valence-electron chi connectivity index (χ2n) is 4.02. The van der Waals surface area contributed by atoms with Gasteiger partial charge < -0.3 is 10.1 Å². The van der Waals surface area contributed by atoms with Crippen LogP contribution in [0, 0.1) is 5.92 Å². The number of rotatable bonds is 6. The van der Waals surface area contributed by atoms with Gasteiger partial charge in [-0.1, -0.05) is 6.92 Å². The third kappa shape index (κ3) is 3.20. The Hall–Kier alpha value is -1.09. The van der Waals surface area contributed by atoms with Crippen LogP contribution in [0.5, 0.6) is 5.75 Å². The third-order valence-corrected chi connectivity index (χ3v) is 2.60. The second kappa shape index (κ2) is 5.12. The van der Waals surface area contributed by atoms with Crippen LogP contribution in [0.2, 0.25) is 0 Å². The summed E-state index contributed by atoms with van der Waals surface area (Å²) >= 11 is 0. The van der Waals surface area contributed by atoms with Crippen molar-refractivity contribution in [3.8, 4) is 5.75 Å². The van der Waals surface area contributed by atoms with Gasteiger partial charge in [-0.25, -0.2) is 0 Å². The molecule has 15 heavy (non-hydrogen) atoms. The van der Waals surface area contributed by atoms with E-state index in [4.69, 9.17) is 4.74 Å². The number of hydrogen-bond donors (Lipinski definition) is 1. The van der Waals surface area contributed by atoms with Crippen LogP contribution in [0.4, 0.5) is 0 Å². The predicted molar refractivity (Wildman–Crippen MR) is 59.8 cm³/mol. The largest absolute Gasteiger partial charge is 0.493 e. The molecule has 0 spiro atoms. The number of pyridine rings is 1. The zero-order chi connectivity index (χ0) is 10.5. The summed E-state index contributed by atoms with van der Waals surface area (Å²) in [6, 6.07) is 1.95. The van der Waals surface area contributed by atoms with Gasteiger partial charge >= 0.3 is 0 Å². The van der Waals surface area contributed by atoms with E-state index in [0.717, 1.165) is 36.9 Å². The Balaban J connectivity index is 1.93.